The van der Waals surface area contributed by atoms with Crippen molar-refractivity contribution in [2.75, 3.05) is 0 Å². The van der Waals surface area contributed by atoms with Crippen LogP contribution >= 0.6 is 0 Å². The fraction of sp³-hybridized carbons (Fsp3) is 0.409. The molecule has 134 valence electrons. The molecule has 0 aliphatic rings. The molecule has 1 N–H and O–H groups in total. The number of benzene rings is 2. The van der Waals surface area contributed by atoms with E-state index in [0.29, 0.717) is 23.8 Å². The first kappa shape index (κ1) is 19.0. The Morgan fingerprint density at radius 2 is 1.68 bits per heavy atom. The van der Waals surface area contributed by atoms with E-state index in [1.54, 1.807) is 0 Å². The summed E-state index contributed by atoms with van der Waals surface area (Å²) in [6.45, 7) is 8.97. The zero-order valence-electron chi connectivity index (χ0n) is 15.7. The van der Waals surface area contributed by atoms with Crippen LogP contribution in [-0.2, 0) is 6.61 Å². The number of carbonyl (C=O) groups is 1. The topological polar surface area (TPSA) is 38.3 Å². The van der Waals surface area contributed by atoms with Crippen molar-refractivity contribution in [2.24, 2.45) is 5.92 Å². The summed E-state index contributed by atoms with van der Waals surface area (Å²) in [7, 11) is 0. The molecule has 0 aliphatic heterocycles. The molecule has 0 radical (unpaired) electrons. The van der Waals surface area contributed by atoms with Crippen molar-refractivity contribution in [1.82, 2.24) is 5.32 Å². The maximum Gasteiger partial charge on any atom is 0.255 e. The van der Waals surface area contributed by atoms with Gasteiger partial charge < -0.3 is 10.1 Å². The van der Waals surface area contributed by atoms with E-state index in [-0.39, 0.29) is 11.9 Å². The molecule has 0 fully saturated rings. The van der Waals surface area contributed by atoms with Crippen LogP contribution in [0.3, 0.4) is 0 Å². The van der Waals surface area contributed by atoms with Crippen LogP contribution < -0.4 is 10.1 Å². The van der Waals surface area contributed by atoms with Crippen LogP contribution in [0, 0.1) is 12.8 Å². The van der Waals surface area contributed by atoms with Crippen LogP contribution in [0.5, 0.6) is 5.75 Å². The highest BCUT2D eigenvalue weighted by Gasteiger charge is 2.15. The molecular weight excluding hydrogens is 310 g/mol. The Labute approximate surface area is 151 Å². The number of ether oxygens (including phenoxy) is 1. The maximum atomic E-state index is 12.6. The minimum atomic E-state index is -0.0726. The number of aryl methyl sites for hydroxylation is 1. The highest BCUT2D eigenvalue weighted by molar-refractivity contribution is 5.97. The molecule has 25 heavy (non-hydrogen) atoms. The van der Waals surface area contributed by atoms with E-state index >= 15 is 0 Å². The van der Waals surface area contributed by atoms with Crippen LogP contribution in [0.25, 0.3) is 0 Å². The summed E-state index contributed by atoms with van der Waals surface area (Å²) in [6.07, 6.45) is 2.09. The molecule has 0 unspecified atom stereocenters. The first-order valence-corrected chi connectivity index (χ1v) is 9.04. The van der Waals surface area contributed by atoms with Crippen LogP contribution in [0.4, 0.5) is 0 Å². The standard InChI is InChI=1S/C22H29NO2/c1-16(2)13-14-18(4)23-22(24)20-11-7-8-12-21(20)25-15-19-10-6-5-9-17(19)3/h5-12,16,18H,13-15H2,1-4H3,(H,23,24)/t18-/m1/s1. The Hall–Kier alpha value is -2.29. The molecular formula is C22H29NO2. The molecule has 0 bridgehead atoms. The van der Waals surface area contributed by atoms with E-state index in [1.807, 2.05) is 42.5 Å². The summed E-state index contributed by atoms with van der Waals surface area (Å²) in [5.41, 5.74) is 2.90. The Balaban J connectivity index is 2.02. The molecule has 3 nitrogen and oxygen atoms in total. The first-order valence-electron chi connectivity index (χ1n) is 9.04. The van der Waals surface area contributed by atoms with Gasteiger partial charge in [0.15, 0.2) is 0 Å². The van der Waals surface area contributed by atoms with Crippen molar-refractivity contribution >= 4 is 5.91 Å². The summed E-state index contributed by atoms with van der Waals surface area (Å²) < 4.78 is 5.94. The van der Waals surface area contributed by atoms with Gasteiger partial charge in [-0.25, -0.2) is 0 Å². The van der Waals surface area contributed by atoms with Gasteiger partial charge in [-0.2, -0.15) is 0 Å². The Morgan fingerprint density at radius 3 is 2.40 bits per heavy atom. The summed E-state index contributed by atoms with van der Waals surface area (Å²) in [5, 5.41) is 3.08. The van der Waals surface area contributed by atoms with Gasteiger partial charge in [-0.3, -0.25) is 4.79 Å². The summed E-state index contributed by atoms with van der Waals surface area (Å²) in [6, 6.07) is 15.7. The molecule has 0 saturated carbocycles. The molecule has 2 aromatic rings. The number of nitrogens with one attached hydrogen (secondary N) is 1. The van der Waals surface area contributed by atoms with Crippen molar-refractivity contribution in [3.8, 4) is 5.75 Å². The van der Waals surface area contributed by atoms with Gasteiger partial charge in [0.2, 0.25) is 0 Å². The van der Waals surface area contributed by atoms with Gasteiger partial charge in [-0.15, -0.1) is 0 Å². The summed E-state index contributed by atoms with van der Waals surface area (Å²) >= 11 is 0. The largest absolute Gasteiger partial charge is 0.488 e. The molecule has 0 spiro atoms. The quantitative estimate of drug-likeness (QED) is 0.724. The molecule has 2 rings (SSSR count). The fourth-order valence-corrected chi connectivity index (χ4v) is 2.66. The summed E-state index contributed by atoms with van der Waals surface area (Å²) in [5.74, 6) is 1.19. The Kier molecular flexibility index (Phi) is 7.05. The molecule has 0 aromatic heterocycles. The second-order valence-corrected chi connectivity index (χ2v) is 7.06. The van der Waals surface area contributed by atoms with Crippen LogP contribution in [0.2, 0.25) is 0 Å². The number of amides is 1. The average Bonchev–Trinajstić information content (AvgIpc) is 2.59. The highest BCUT2D eigenvalue weighted by Crippen LogP contribution is 2.20. The molecule has 1 amide bonds. The van der Waals surface area contributed by atoms with Crippen molar-refractivity contribution < 1.29 is 9.53 Å². The zero-order valence-corrected chi connectivity index (χ0v) is 15.7. The van der Waals surface area contributed by atoms with E-state index in [1.165, 1.54) is 5.56 Å². The summed E-state index contributed by atoms with van der Waals surface area (Å²) in [4.78, 5) is 12.6. The SMILES string of the molecule is Cc1ccccc1COc1ccccc1C(=O)N[C@H](C)CCC(C)C. The van der Waals surface area contributed by atoms with Crippen molar-refractivity contribution in [2.45, 2.75) is 53.2 Å². The van der Waals surface area contributed by atoms with Crippen molar-refractivity contribution in [3.05, 3.63) is 65.2 Å². The lowest BCUT2D eigenvalue weighted by Gasteiger charge is -2.17. The predicted molar refractivity (Wildman–Crippen MR) is 103 cm³/mol. The number of carbonyl (C=O) groups excluding carboxylic acids is 1. The van der Waals surface area contributed by atoms with Crippen LogP contribution in [0.1, 0.15) is 55.1 Å². The third-order valence-corrected chi connectivity index (χ3v) is 4.33. The predicted octanol–water partition coefficient (Wildman–Crippen LogP) is 5.13. The highest BCUT2D eigenvalue weighted by atomic mass is 16.5. The number of hydrogen-bond acceptors (Lipinski definition) is 2. The first-order chi connectivity index (χ1) is 12.0. The lowest BCUT2D eigenvalue weighted by Crippen LogP contribution is -2.33. The lowest BCUT2D eigenvalue weighted by molar-refractivity contribution is 0.0932. The van der Waals surface area contributed by atoms with Gasteiger partial charge in [0.1, 0.15) is 12.4 Å². The van der Waals surface area contributed by atoms with E-state index in [0.717, 1.165) is 18.4 Å². The van der Waals surface area contributed by atoms with Gasteiger partial charge in [0, 0.05) is 6.04 Å². The zero-order chi connectivity index (χ0) is 18.2. The van der Waals surface area contributed by atoms with Gasteiger partial charge in [-0.05, 0) is 55.9 Å². The Bertz CT molecular complexity index is 694. The van der Waals surface area contributed by atoms with E-state index < -0.39 is 0 Å². The maximum absolute atomic E-state index is 12.6. The van der Waals surface area contributed by atoms with E-state index in [9.17, 15) is 4.79 Å². The second-order valence-electron chi connectivity index (χ2n) is 7.06. The third-order valence-electron chi connectivity index (χ3n) is 4.33. The molecule has 0 heterocycles. The van der Waals surface area contributed by atoms with Gasteiger partial charge in [0.25, 0.3) is 5.91 Å². The monoisotopic (exact) mass is 339 g/mol. The molecule has 1 atom stereocenters. The molecule has 3 heteroatoms. The Morgan fingerprint density at radius 1 is 1.00 bits per heavy atom. The van der Waals surface area contributed by atoms with Crippen LogP contribution in [-0.4, -0.2) is 11.9 Å². The second kappa shape index (κ2) is 9.26. The van der Waals surface area contributed by atoms with E-state index in [4.69, 9.17) is 4.74 Å². The lowest BCUT2D eigenvalue weighted by atomic mass is 10.0. The smallest absolute Gasteiger partial charge is 0.255 e. The number of hydrogen-bond donors (Lipinski definition) is 1. The average molecular weight is 339 g/mol. The fourth-order valence-electron chi connectivity index (χ4n) is 2.66. The van der Waals surface area contributed by atoms with Gasteiger partial charge in [-0.1, -0.05) is 50.2 Å². The molecule has 0 saturated heterocycles. The van der Waals surface area contributed by atoms with Crippen LogP contribution in [0.15, 0.2) is 48.5 Å². The molecule has 0 aliphatic carbocycles. The number of para-hydroxylation sites is 1. The van der Waals surface area contributed by atoms with Gasteiger partial charge >= 0.3 is 0 Å². The van der Waals surface area contributed by atoms with Crippen molar-refractivity contribution in [1.29, 1.82) is 0 Å². The van der Waals surface area contributed by atoms with Gasteiger partial charge in [0.05, 0.1) is 5.56 Å². The minimum Gasteiger partial charge on any atom is -0.488 e. The number of rotatable bonds is 8. The normalized spacial score (nSPS) is 12.0. The minimum absolute atomic E-state index is 0.0726. The molecule has 2 aromatic carbocycles. The van der Waals surface area contributed by atoms with E-state index in [2.05, 4.69) is 39.1 Å². The third kappa shape index (κ3) is 5.93. The van der Waals surface area contributed by atoms with Crippen molar-refractivity contribution in [3.63, 3.8) is 0 Å².